The Bertz CT molecular complexity index is 578. The summed E-state index contributed by atoms with van der Waals surface area (Å²) in [7, 11) is 5.87. The van der Waals surface area contributed by atoms with Crippen LogP contribution >= 0.6 is 23.2 Å². The van der Waals surface area contributed by atoms with E-state index in [1.54, 1.807) is 7.05 Å². The summed E-state index contributed by atoms with van der Waals surface area (Å²) in [5.74, 6) is 1.35. The predicted molar refractivity (Wildman–Crippen MR) is 107 cm³/mol. The van der Waals surface area contributed by atoms with Crippen LogP contribution in [-0.4, -0.2) is 73.7 Å². The van der Waals surface area contributed by atoms with Crippen molar-refractivity contribution >= 4 is 29.2 Å². The summed E-state index contributed by atoms with van der Waals surface area (Å²) in [4.78, 5) is 9.21. The van der Waals surface area contributed by atoms with Gasteiger partial charge in [-0.15, -0.1) is 0 Å². The number of rotatable bonds is 6. The minimum atomic E-state index is 0.556. The van der Waals surface area contributed by atoms with Gasteiger partial charge in [0.25, 0.3) is 0 Å². The summed E-state index contributed by atoms with van der Waals surface area (Å²) in [6.07, 6.45) is 0. The largest absolute Gasteiger partial charge is 0.356 e. The molecular weight excluding hydrogens is 359 g/mol. The van der Waals surface area contributed by atoms with Crippen LogP contribution in [0.25, 0.3) is 0 Å². The number of aromatic nitrogens is 1. The van der Waals surface area contributed by atoms with Crippen LogP contribution in [0.1, 0.15) is 12.6 Å². The first-order valence-electron chi connectivity index (χ1n) is 8.75. The molecule has 25 heavy (non-hydrogen) atoms. The fourth-order valence-electron chi connectivity index (χ4n) is 2.96. The molecule has 142 valence electrons. The number of hydrogen-bond donors (Lipinski definition) is 2. The average molecular weight is 389 g/mol. The zero-order valence-corrected chi connectivity index (χ0v) is 17.2. The van der Waals surface area contributed by atoms with Crippen molar-refractivity contribution in [2.45, 2.75) is 13.5 Å². The number of nitrogens with zero attached hydrogens (tertiary/aromatic N) is 4. The SMILES string of the molecule is CN=C(NCc1cc(Cl)c(Cl)n1C)NCC(C)CN1CCN(C)CC1. The van der Waals surface area contributed by atoms with Crippen molar-refractivity contribution in [3.63, 3.8) is 0 Å². The van der Waals surface area contributed by atoms with Crippen LogP contribution in [0.2, 0.25) is 10.2 Å². The molecule has 1 unspecified atom stereocenters. The van der Waals surface area contributed by atoms with Crippen molar-refractivity contribution < 1.29 is 0 Å². The monoisotopic (exact) mass is 388 g/mol. The minimum Gasteiger partial charge on any atom is -0.356 e. The molecule has 1 atom stereocenters. The van der Waals surface area contributed by atoms with E-state index in [-0.39, 0.29) is 0 Å². The number of aliphatic imine (C=N–C) groups is 1. The van der Waals surface area contributed by atoms with E-state index in [0.717, 1.165) is 50.9 Å². The smallest absolute Gasteiger partial charge is 0.191 e. The molecule has 2 heterocycles. The Kier molecular flexibility index (Phi) is 7.87. The number of likely N-dealkylation sites (N-methyl/N-ethyl adjacent to an activating group) is 1. The highest BCUT2D eigenvalue weighted by Gasteiger charge is 2.16. The molecule has 1 fully saturated rings. The van der Waals surface area contributed by atoms with Gasteiger partial charge in [-0.3, -0.25) is 4.99 Å². The molecule has 0 aliphatic carbocycles. The average Bonchev–Trinajstić information content (AvgIpc) is 2.84. The molecule has 2 N–H and O–H groups in total. The van der Waals surface area contributed by atoms with Gasteiger partial charge < -0.3 is 25.0 Å². The molecule has 2 rings (SSSR count). The highest BCUT2D eigenvalue weighted by atomic mass is 35.5. The number of halogens is 2. The van der Waals surface area contributed by atoms with Gasteiger partial charge in [-0.1, -0.05) is 30.1 Å². The van der Waals surface area contributed by atoms with E-state index < -0.39 is 0 Å². The Labute approximate surface area is 161 Å². The van der Waals surface area contributed by atoms with Crippen LogP contribution in [0.15, 0.2) is 11.1 Å². The molecule has 0 bridgehead atoms. The molecule has 6 nitrogen and oxygen atoms in total. The number of nitrogens with one attached hydrogen (secondary N) is 2. The van der Waals surface area contributed by atoms with Crippen LogP contribution in [0.4, 0.5) is 0 Å². The van der Waals surface area contributed by atoms with Gasteiger partial charge in [0, 0.05) is 59.1 Å². The van der Waals surface area contributed by atoms with Gasteiger partial charge in [-0.2, -0.15) is 0 Å². The van der Waals surface area contributed by atoms with Crippen molar-refractivity contribution in [2.75, 3.05) is 53.4 Å². The van der Waals surface area contributed by atoms with Crippen LogP contribution in [0.3, 0.4) is 0 Å². The normalized spacial score (nSPS) is 18.4. The molecule has 1 aliphatic heterocycles. The summed E-state index contributed by atoms with van der Waals surface area (Å²) < 4.78 is 1.88. The quantitative estimate of drug-likeness (QED) is 0.576. The molecule has 1 aliphatic rings. The van der Waals surface area contributed by atoms with Crippen molar-refractivity contribution in [3.8, 4) is 0 Å². The van der Waals surface area contributed by atoms with Gasteiger partial charge in [0.05, 0.1) is 11.6 Å². The molecular formula is C17H30Cl2N6. The van der Waals surface area contributed by atoms with E-state index >= 15 is 0 Å². The fraction of sp³-hybridized carbons (Fsp3) is 0.706. The summed E-state index contributed by atoms with van der Waals surface area (Å²) >= 11 is 12.2. The second-order valence-corrected chi connectivity index (χ2v) is 7.61. The highest BCUT2D eigenvalue weighted by molar-refractivity contribution is 6.41. The summed E-state index contributed by atoms with van der Waals surface area (Å²) in [6, 6.07) is 1.88. The third-order valence-electron chi connectivity index (χ3n) is 4.66. The van der Waals surface area contributed by atoms with Gasteiger partial charge in [-0.25, -0.2) is 0 Å². The van der Waals surface area contributed by atoms with Crippen LogP contribution in [-0.2, 0) is 13.6 Å². The van der Waals surface area contributed by atoms with E-state index in [9.17, 15) is 0 Å². The first kappa shape index (κ1) is 20.4. The lowest BCUT2D eigenvalue weighted by Gasteiger charge is -2.34. The van der Waals surface area contributed by atoms with E-state index in [0.29, 0.717) is 22.6 Å². The minimum absolute atomic E-state index is 0.556. The van der Waals surface area contributed by atoms with Gasteiger partial charge >= 0.3 is 0 Å². The zero-order valence-electron chi connectivity index (χ0n) is 15.6. The molecule has 0 amide bonds. The molecule has 0 spiro atoms. The molecule has 0 aromatic carbocycles. The summed E-state index contributed by atoms with van der Waals surface area (Å²) in [5.41, 5.74) is 1.02. The predicted octanol–water partition coefficient (Wildman–Crippen LogP) is 1.88. The van der Waals surface area contributed by atoms with Crippen molar-refractivity contribution in [2.24, 2.45) is 18.0 Å². The van der Waals surface area contributed by atoms with Crippen LogP contribution < -0.4 is 10.6 Å². The second-order valence-electron chi connectivity index (χ2n) is 6.85. The van der Waals surface area contributed by atoms with Gasteiger partial charge in [0.1, 0.15) is 5.15 Å². The van der Waals surface area contributed by atoms with E-state index in [1.165, 1.54) is 0 Å². The molecule has 0 saturated carbocycles. The van der Waals surface area contributed by atoms with E-state index in [2.05, 4.69) is 39.4 Å². The maximum Gasteiger partial charge on any atom is 0.191 e. The lowest BCUT2D eigenvalue weighted by atomic mass is 10.1. The van der Waals surface area contributed by atoms with Crippen LogP contribution in [0.5, 0.6) is 0 Å². The van der Waals surface area contributed by atoms with E-state index in [4.69, 9.17) is 23.2 Å². The zero-order chi connectivity index (χ0) is 18.4. The molecule has 0 radical (unpaired) electrons. The maximum absolute atomic E-state index is 6.10. The first-order valence-corrected chi connectivity index (χ1v) is 9.51. The molecule has 1 saturated heterocycles. The Hall–Kier alpha value is -0.950. The molecule has 1 aromatic heterocycles. The Morgan fingerprint density at radius 2 is 1.88 bits per heavy atom. The molecule has 8 heteroatoms. The standard InChI is InChI=1S/C17H30Cl2N6/c1-13(12-25-7-5-23(3)6-8-25)10-21-17(20-2)22-11-14-9-15(18)16(19)24(14)4/h9,13H,5-8,10-12H2,1-4H3,(H2,20,21,22). The molecule has 1 aromatic rings. The maximum atomic E-state index is 6.10. The Morgan fingerprint density at radius 1 is 1.20 bits per heavy atom. The van der Waals surface area contributed by atoms with Crippen molar-refractivity contribution in [1.29, 1.82) is 0 Å². The summed E-state index contributed by atoms with van der Waals surface area (Å²) in [6.45, 7) is 9.52. The second kappa shape index (κ2) is 9.67. The summed E-state index contributed by atoms with van der Waals surface area (Å²) in [5, 5.41) is 7.85. The lowest BCUT2D eigenvalue weighted by molar-refractivity contribution is 0.139. The van der Waals surface area contributed by atoms with Crippen LogP contribution in [0, 0.1) is 5.92 Å². The first-order chi connectivity index (χ1) is 11.9. The van der Waals surface area contributed by atoms with E-state index in [1.807, 2.05) is 17.7 Å². The third-order valence-corrected chi connectivity index (χ3v) is 5.50. The lowest BCUT2D eigenvalue weighted by Crippen LogP contribution is -2.47. The number of piperazine rings is 1. The van der Waals surface area contributed by atoms with Gasteiger partial charge in [0.2, 0.25) is 0 Å². The van der Waals surface area contributed by atoms with Gasteiger partial charge in [0.15, 0.2) is 5.96 Å². The number of hydrogen-bond acceptors (Lipinski definition) is 3. The fourth-order valence-corrected chi connectivity index (χ4v) is 3.38. The topological polar surface area (TPSA) is 47.8 Å². The number of guanidine groups is 1. The van der Waals surface area contributed by atoms with Crippen molar-refractivity contribution in [3.05, 3.63) is 21.9 Å². The Morgan fingerprint density at radius 3 is 2.44 bits per heavy atom. The van der Waals surface area contributed by atoms with Crippen molar-refractivity contribution in [1.82, 2.24) is 25.0 Å². The van der Waals surface area contributed by atoms with Gasteiger partial charge in [-0.05, 0) is 19.0 Å². The highest BCUT2D eigenvalue weighted by Crippen LogP contribution is 2.24. The third kappa shape index (κ3) is 6.06. The Balaban J connectivity index is 1.73.